The second kappa shape index (κ2) is 6.97. The molecule has 0 aliphatic rings. The van der Waals surface area contributed by atoms with Crippen molar-refractivity contribution in [2.45, 2.75) is 65.1 Å². The lowest BCUT2D eigenvalue weighted by Crippen LogP contribution is -2.31. The predicted octanol–water partition coefficient (Wildman–Crippen LogP) is 2.85. The van der Waals surface area contributed by atoms with E-state index in [-0.39, 0.29) is 17.6 Å². The number of aliphatic carboxylic acids is 1. The highest BCUT2D eigenvalue weighted by Crippen LogP contribution is 2.20. The molecule has 0 aromatic heterocycles. The highest BCUT2D eigenvalue weighted by atomic mass is 16.5. The molecule has 0 amide bonds. The molecule has 0 fully saturated rings. The molecule has 0 radical (unpaired) electrons. The van der Waals surface area contributed by atoms with E-state index in [2.05, 4.69) is 0 Å². The van der Waals surface area contributed by atoms with Gasteiger partial charge in [-0.2, -0.15) is 0 Å². The van der Waals surface area contributed by atoms with Crippen LogP contribution in [-0.2, 0) is 14.3 Å². The van der Waals surface area contributed by atoms with Crippen molar-refractivity contribution in [3.05, 3.63) is 0 Å². The normalized spacial score (nSPS) is 12.8. The van der Waals surface area contributed by atoms with Gasteiger partial charge in [0.1, 0.15) is 0 Å². The lowest BCUT2D eigenvalue weighted by Gasteiger charge is -2.29. The summed E-state index contributed by atoms with van der Waals surface area (Å²) in [4.78, 5) is 10.5. The van der Waals surface area contributed by atoms with Crippen LogP contribution in [0, 0.1) is 0 Å². The summed E-state index contributed by atoms with van der Waals surface area (Å²) in [7, 11) is 0. The Bertz CT molecular complexity index is 234. The summed E-state index contributed by atoms with van der Waals surface area (Å²) in [5.41, 5.74) is -0.571. The zero-order chi connectivity index (χ0) is 13.5. The number of carbonyl (C=O) groups is 1. The Morgan fingerprint density at radius 1 is 1.06 bits per heavy atom. The molecule has 1 N–H and O–H groups in total. The molecule has 4 heteroatoms. The molecule has 0 spiro atoms. The summed E-state index contributed by atoms with van der Waals surface area (Å²) in [5, 5.41) is 8.63. The Balaban J connectivity index is 3.89. The van der Waals surface area contributed by atoms with Crippen LogP contribution in [0.5, 0.6) is 0 Å². The third-order valence-electron chi connectivity index (χ3n) is 2.67. The summed E-state index contributed by atoms with van der Waals surface area (Å²) in [5.74, 6) is -0.781. The van der Waals surface area contributed by atoms with Crippen molar-refractivity contribution in [1.82, 2.24) is 0 Å². The van der Waals surface area contributed by atoms with Gasteiger partial charge in [-0.05, 0) is 47.5 Å². The van der Waals surface area contributed by atoms with E-state index in [0.717, 1.165) is 6.42 Å². The fourth-order valence-electron chi connectivity index (χ4n) is 1.52. The summed E-state index contributed by atoms with van der Waals surface area (Å²) in [6.07, 6.45) is 1.47. The first kappa shape index (κ1) is 16.4. The molecule has 0 saturated heterocycles. The predicted molar refractivity (Wildman–Crippen MR) is 67.2 cm³/mol. The first-order chi connectivity index (χ1) is 7.68. The summed E-state index contributed by atoms with van der Waals surface area (Å²) in [6.45, 7) is 11.1. The maximum atomic E-state index is 10.5. The molecule has 0 aromatic carbocycles. The lowest BCUT2D eigenvalue weighted by atomic mass is 10.0. The average molecular weight is 246 g/mol. The number of ether oxygens (including phenoxy) is 2. The van der Waals surface area contributed by atoms with Crippen LogP contribution in [0.3, 0.4) is 0 Å². The molecule has 0 aromatic rings. The molecule has 0 bridgehead atoms. The highest BCUT2D eigenvalue weighted by Gasteiger charge is 2.22. The zero-order valence-electron chi connectivity index (χ0n) is 11.7. The second-order valence-corrected chi connectivity index (χ2v) is 5.44. The van der Waals surface area contributed by atoms with Crippen molar-refractivity contribution in [3.8, 4) is 0 Å². The van der Waals surface area contributed by atoms with Gasteiger partial charge in [0, 0.05) is 13.0 Å². The molecule has 0 unspecified atom stereocenters. The zero-order valence-corrected chi connectivity index (χ0v) is 11.7. The van der Waals surface area contributed by atoms with E-state index < -0.39 is 5.97 Å². The second-order valence-electron chi connectivity index (χ2n) is 5.44. The van der Waals surface area contributed by atoms with Crippen LogP contribution < -0.4 is 0 Å². The maximum absolute atomic E-state index is 10.5. The fraction of sp³-hybridized carbons (Fsp3) is 0.923. The van der Waals surface area contributed by atoms with E-state index in [0.29, 0.717) is 19.6 Å². The van der Waals surface area contributed by atoms with E-state index in [4.69, 9.17) is 14.6 Å². The molecule has 0 saturated carbocycles. The molecular weight excluding hydrogens is 220 g/mol. The van der Waals surface area contributed by atoms with Crippen LogP contribution in [0.1, 0.15) is 53.9 Å². The number of hydrogen-bond donors (Lipinski definition) is 1. The Hall–Kier alpha value is -0.610. The van der Waals surface area contributed by atoms with E-state index in [9.17, 15) is 4.79 Å². The molecule has 0 rings (SSSR count). The van der Waals surface area contributed by atoms with Gasteiger partial charge in [0.25, 0.3) is 0 Å². The van der Waals surface area contributed by atoms with Gasteiger partial charge < -0.3 is 14.6 Å². The first-order valence-corrected chi connectivity index (χ1v) is 6.18. The average Bonchev–Trinajstić information content (AvgIpc) is 2.14. The van der Waals surface area contributed by atoms with Gasteiger partial charge in [0.15, 0.2) is 0 Å². The van der Waals surface area contributed by atoms with Gasteiger partial charge >= 0.3 is 5.97 Å². The Kier molecular flexibility index (Phi) is 6.72. The van der Waals surface area contributed by atoms with Crippen LogP contribution in [0.15, 0.2) is 0 Å². The molecular formula is C13H26O4. The fourth-order valence-corrected chi connectivity index (χ4v) is 1.52. The summed E-state index contributed by atoms with van der Waals surface area (Å²) < 4.78 is 11.3. The summed E-state index contributed by atoms with van der Waals surface area (Å²) in [6, 6.07) is 0. The molecule has 0 atom stereocenters. The van der Waals surface area contributed by atoms with Crippen molar-refractivity contribution in [2.75, 3.05) is 13.2 Å². The number of carboxylic acid groups (broad SMARTS) is 1. The van der Waals surface area contributed by atoms with Crippen molar-refractivity contribution < 1.29 is 19.4 Å². The molecule has 102 valence electrons. The van der Waals surface area contributed by atoms with Gasteiger partial charge in [-0.25, -0.2) is 0 Å². The minimum absolute atomic E-state index is 0.141. The van der Waals surface area contributed by atoms with E-state index in [1.807, 2.05) is 34.6 Å². The minimum Gasteiger partial charge on any atom is -0.481 e. The molecule has 0 heterocycles. The largest absolute Gasteiger partial charge is 0.481 e. The topological polar surface area (TPSA) is 55.8 Å². The Morgan fingerprint density at radius 3 is 2.06 bits per heavy atom. The van der Waals surface area contributed by atoms with Crippen LogP contribution in [0.4, 0.5) is 0 Å². The Labute approximate surface area is 104 Å². The van der Waals surface area contributed by atoms with Gasteiger partial charge in [-0.15, -0.1) is 0 Å². The van der Waals surface area contributed by atoms with Crippen LogP contribution >= 0.6 is 0 Å². The third-order valence-corrected chi connectivity index (χ3v) is 2.67. The summed E-state index contributed by atoms with van der Waals surface area (Å²) >= 11 is 0. The molecule has 0 aliphatic heterocycles. The smallest absolute Gasteiger partial charge is 0.303 e. The van der Waals surface area contributed by atoms with Crippen molar-refractivity contribution in [1.29, 1.82) is 0 Å². The van der Waals surface area contributed by atoms with E-state index >= 15 is 0 Å². The van der Waals surface area contributed by atoms with Crippen molar-refractivity contribution in [3.63, 3.8) is 0 Å². The van der Waals surface area contributed by atoms with Crippen LogP contribution in [0.2, 0.25) is 0 Å². The minimum atomic E-state index is -0.781. The van der Waals surface area contributed by atoms with Gasteiger partial charge in [-0.3, -0.25) is 4.79 Å². The molecule has 17 heavy (non-hydrogen) atoms. The van der Waals surface area contributed by atoms with Gasteiger partial charge in [-0.1, -0.05) is 0 Å². The third kappa shape index (κ3) is 9.12. The van der Waals surface area contributed by atoms with E-state index in [1.54, 1.807) is 0 Å². The SMILES string of the molecule is CCOC(C)(C)CCOC(C)(C)CCC(=O)O. The van der Waals surface area contributed by atoms with Crippen LogP contribution in [-0.4, -0.2) is 35.5 Å². The Morgan fingerprint density at radius 2 is 1.59 bits per heavy atom. The number of hydrogen-bond acceptors (Lipinski definition) is 3. The van der Waals surface area contributed by atoms with Gasteiger partial charge in [0.05, 0.1) is 17.8 Å². The van der Waals surface area contributed by atoms with Gasteiger partial charge in [0.2, 0.25) is 0 Å². The monoisotopic (exact) mass is 246 g/mol. The van der Waals surface area contributed by atoms with Crippen LogP contribution in [0.25, 0.3) is 0 Å². The van der Waals surface area contributed by atoms with Crippen molar-refractivity contribution >= 4 is 5.97 Å². The number of rotatable bonds is 9. The maximum Gasteiger partial charge on any atom is 0.303 e. The first-order valence-electron chi connectivity index (χ1n) is 6.18. The number of carboxylic acids is 1. The quantitative estimate of drug-likeness (QED) is 0.679. The highest BCUT2D eigenvalue weighted by molar-refractivity contribution is 5.66. The lowest BCUT2D eigenvalue weighted by molar-refractivity contribution is -0.139. The molecule has 0 aliphatic carbocycles. The molecule has 4 nitrogen and oxygen atoms in total. The standard InChI is InChI=1S/C13H26O4/c1-6-16-13(4,5)9-10-17-12(2,3)8-7-11(14)15/h6-10H2,1-5H3,(H,14,15). The van der Waals surface area contributed by atoms with Crippen molar-refractivity contribution in [2.24, 2.45) is 0 Å². The van der Waals surface area contributed by atoms with E-state index in [1.165, 1.54) is 0 Å².